The number of benzene rings is 3. The van der Waals surface area contributed by atoms with Crippen molar-refractivity contribution < 1.29 is 23.9 Å². The number of hydrogen-bond donors (Lipinski definition) is 3. The fourth-order valence-corrected chi connectivity index (χ4v) is 3.42. The van der Waals surface area contributed by atoms with Crippen LogP contribution in [0.3, 0.4) is 0 Å². The summed E-state index contributed by atoms with van der Waals surface area (Å²) in [7, 11) is 0. The summed E-state index contributed by atoms with van der Waals surface area (Å²) in [5.74, 6) is -0.866. The van der Waals surface area contributed by atoms with Crippen LogP contribution in [-0.4, -0.2) is 37.5 Å². The Morgan fingerprint density at radius 3 is 1.97 bits per heavy atom. The molecule has 8 heteroatoms. The Morgan fingerprint density at radius 2 is 1.32 bits per heavy atom. The summed E-state index contributed by atoms with van der Waals surface area (Å²) in [5, 5.41) is 2.82. The summed E-state index contributed by atoms with van der Waals surface area (Å²) in [6.45, 7) is 9.52. The number of ether oxygens (including phenoxy) is 2. The number of hydrogen-bond acceptors (Lipinski definition) is 5. The molecule has 0 aromatic heterocycles. The van der Waals surface area contributed by atoms with E-state index in [2.05, 4.69) is 36.9 Å². The minimum Gasteiger partial charge on any atom is -0.490 e. The molecule has 0 atom stereocenters. The van der Waals surface area contributed by atoms with Crippen molar-refractivity contribution in [3.8, 4) is 5.75 Å². The van der Waals surface area contributed by atoms with Crippen LogP contribution in [0, 0.1) is 0 Å². The van der Waals surface area contributed by atoms with Crippen molar-refractivity contribution in [1.29, 1.82) is 0 Å². The molecule has 0 radical (unpaired) electrons. The third-order valence-electron chi connectivity index (χ3n) is 5.53. The van der Waals surface area contributed by atoms with Gasteiger partial charge in [-0.3, -0.25) is 25.2 Å². The molecule has 3 N–H and O–H groups in total. The molecule has 37 heavy (non-hydrogen) atoms. The first-order chi connectivity index (χ1) is 17.7. The van der Waals surface area contributed by atoms with E-state index in [-0.39, 0.29) is 16.9 Å². The molecule has 0 spiro atoms. The van der Waals surface area contributed by atoms with Gasteiger partial charge in [0.1, 0.15) is 12.4 Å². The lowest BCUT2D eigenvalue weighted by Crippen LogP contribution is -2.41. The van der Waals surface area contributed by atoms with Gasteiger partial charge in [-0.1, -0.05) is 45.0 Å². The van der Waals surface area contributed by atoms with Crippen LogP contribution in [0.5, 0.6) is 5.75 Å². The highest BCUT2D eigenvalue weighted by atomic mass is 16.5. The number of anilines is 1. The average Bonchev–Trinajstić information content (AvgIpc) is 2.89. The average molecular weight is 504 g/mol. The van der Waals surface area contributed by atoms with Gasteiger partial charge in [0.15, 0.2) is 0 Å². The Balaban J connectivity index is 1.54. The van der Waals surface area contributed by atoms with Gasteiger partial charge in [-0.25, -0.2) is 0 Å². The molecule has 0 aliphatic heterocycles. The molecule has 0 bridgehead atoms. The van der Waals surface area contributed by atoms with E-state index < -0.39 is 11.8 Å². The van der Waals surface area contributed by atoms with Crippen molar-refractivity contribution in [1.82, 2.24) is 10.9 Å². The zero-order valence-electron chi connectivity index (χ0n) is 21.6. The van der Waals surface area contributed by atoms with Crippen LogP contribution in [0.15, 0.2) is 72.8 Å². The first kappa shape index (κ1) is 27.4. The maximum Gasteiger partial charge on any atom is 0.273 e. The van der Waals surface area contributed by atoms with Gasteiger partial charge in [0.05, 0.1) is 12.2 Å². The van der Waals surface area contributed by atoms with Crippen molar-refractivity contribution in [2.75, 3.05) is 25.1 Å². The maximum absolute atomic E-state index is 12.6. The van der Waals surface area contributed by atoms with Gasteiger partial charge < -0.3 is 14.8 Å². The molecule has 0 aliphatic carbocycles. The van der Waals surface area contributed by atoms with Gasteiger partial charge in [0.25, 0.3) is 17.7 Å². The van der Waals surface area contributed by atoms with E-state index in [1.54, 1.807) is 60.7 Å². The van der Waals surface area contributed by atoms with Crippen LogP contribution in [0.2, 0.25) is 0 Å². The Morgan fingerprint density at radius 1 is 0.730 bits per heavy atom. The Kier molecular flexibility index (Phi) is 9.40. The lowest BCUT2D eigenvalue weighted by atomic mass is 9.87. The van der Waals surface area contributed by atoms with E-state index in [0.717, 1.165) is 5.56 Å². The van der Waals surface area contributed by atoms with Crippen LogP contribution >= 0.6 is 0 Å². The Bertz CT molecular complexity index is 1220. The van der Waals surface area contributed by atoms with E-state index in [9.17, 15) is 14.4 Å². The minimum absolute atomic E-state index is 0.00567. The molecular weight excluding hydrogens is 470 g/mol. The van der Waals surface area contributed by atoms with Crippen molar-refractivity contribution >= 4 is 23.4 Å². The van der Waals surface area contributed by atoms with Crippen LogP contribution in [0.25, 0.3) is 0 Å². The molecule has 3 aromatic carbocycles. The first-order valence-corrected chi connectivity index (χ1v) is 12.1. The number of carbonyl (C=O) groups is 3. The van der Waals surface area contributed by atoms with Crippen LogP contribution in [-0.2, 0) is 10.2 Å². The third kappa shape index (κ3) is 7.91. The Hall–Kier alpha value is -4.17. The van der Waals surface area contributed by atoms with Gasteiger partial charge >= 0.3 is 0 Å². The van der Waals surface area contributed by atoms with Gasteiger partial charge in [-0.2, -0.15) is 0 Å². The summed E-state index contributed by atoms with van der Waals surface area (Å²) in [6, 6.07) is 20.6. The second-order valence-corrected chi connectivity index (χ2v) is 9.31. The number of amides is 3. The maximum atomic E-state index is 12.6. The monoisotopic (exact) mass is 503 g/mol. The van der Waals surface area contributed by atoms with Crippen LogP contribution < -0.4 is 20.9 Å². The molecule has 3 aromatic rings. The number of para-hydroxylation sites is 1. The number of rotatable bonds is 9. The molecule has 0 saturated heterocycles. The fourth-order valence-electron chi connectivity index (χ4n) is 3.42. The largest absolute Gasteiger partial charge is 0.490 e. The van der Waals surface area contributed by atoms with Crippen molar-refractivity contribution in [3.05, 3.63) is 95.1 Å². The van der Waals surface area contributed by atoms with E-state index in [0.29, 0.717) is 42.4 Å². The lowest BCUT2D eigenvalue weighted by Gasteiger charge is -2.19. The highest BCUT2D eigenvalue weighted by Gasteiger charge is 2.16. The van der Waals surface area contributed by atoms with Crippen molar-refractivity contribution in [2.45, 2.75) is 33.1 Å². The van der Waals surface area contributed by atoms with Crippen LogP contribution in [0.1, 0.15) is 64.3 Å². The smallest absolute Gasteiger partial charge is 0.273 e. The zero-order valence-corrected chi connectivity index (χ0v) is 21.6. The molecular formula is C29H33N3O5. The normalized spacial score (nSPS) is 10.9. The van der Waals surface area contributed by atoms with Crippen molar-refractivity contribution in [2.24, 2.45) is 0 Å². The molecule has 0 heterocycles. The number of hydrazine groups is 1. The first-order valence-electron chi connectivity index (χ1n) is 12.1. The summed E-state index contributed by atoms with van der Waals surface area (Å²) < 4.78 is 10.9. The topological polar surface area (TPSA) is 106 Å². The number of carbonyl (C=O) groups excluding carboxylic acids is 3. The quantitative estimate of drug-likeness (QED) is 0.289. The summed E-state index contributed by atoms with van der Waals surface area (Å²) >= 11 is 0. The minimum atomic E-state index is -0.512. The van der Waals surface area contributed by atoms with E-state index >= 15 is 0 Å². The molecule has 0 aliphatic rings. The van der Waals surface area contributed by atoms with E-state index in [1.165, 1.54) is 0 Å². The lowest BCUT2D eigenvalue weighted by molar-refractivity contribution is 0.0840. The van der Waals surface area contributed by atoms with E-state index in [4.69, 9.17) is 9.47 Å². The highest BCUT2D eigenvalue weighted by Crippen LogP contribution is 2.22. The zero-order chi connectivity index (χ0) is 26.8. The predicted octanol–water partition coefficient (Wildman–Crippen LogP) is 4.73. The second-order valence-electron chi connectivity index (χ2n) is 9.31. The molecule has 8 nitrogen and oxygen atoms in total. The predicted molar refractivity (Wildman–Crippen MR) is 143 cm³/mol. The van der Waals surface area contributed by atoms with E-state index in [1.807, 2.05) is 19.1 Å². The second kappa shape index (κ2) is 12.7. The summed E-state index contributed by atoms with van der Waals surface area (Å²) in [5.41, 5.74) is 7.64. The summed E-state index contributed by atoms with van der Waals surface area (Å²) in [6.07, 6.45) is 0. The SMILES string of the molecule is CCOCCOc1ccccc1C(=O)NNC(=O)c1ccc(NC(=O)c2ccc(C(C)(C)C)cc2)cc1. The molecule has 3 rings (SSSR count). The Labute approximate surface area is 217 Å². The third-order valence-corrected chi connectivity index (χ3v) is 5.53. The molecule has 194 valence electrons. The number of nitrogens with one attached hydrogen (secondary N) is 3. The highest BCUT2D eigenvalue weighted by molar-refractivity contribution is 6.05. The summed E-state index contributed by atoms with van der Waals surface area (Å²) in [4.78, 5) is 37.7. The van der Waals surface area contributed by atoms with Crippen LogP contribution in [0.4, 0.5) is 5.69 Å². The standard InChI is InChI=1S/C29H33N3O5/c1-5-36-18-19-37-25-9-7-6-8-24(25)28(35)32-31-27(34)21-12-16-23(17-13-21)30-26(33)20-10-14-22(15-11-20)29(2,3)4/h6-17H,5,18-19H2,1-4H3,(H,30,33)(H,31,34)(H,32,35). The van der Waals surface area contributed by atoms with Gasteiger partial charge in [0.2, 0.25) is 0 Å². The van der Waals surface area contributed by atoms with Gasteiger partial charge in [-0.15, -0.1) is 0 Å². The molecule has 3 amide bonds. The molecule has 0 fully saturated rings. The van der Waals surface area contributed by atoms with Gasteiger partial charge in [0, 0.05) is 23.4 Å². The van der Waals surface area contributed by atoms with Gasteiger partial charge in [-0.05, 0) is 66.4 Å². The van der Waals surface area contributed by atoms with Crippen molar-refractivity contribution in [3.63, 3.8) is 0 Å². The molecule has 0 saturated carbocycles. The fraction of sp³-hybridized carbons (Fsp3) is 0.276. The molecule has 0 unspecified atom stereocenters.